The molecular formula is C20H32N2O3. The average Bonchev–Trinajstić information content (AvgIpc) is 2.63. The molecule has 1 aromatic carbocycles. The molecule has 5 heteroatoms. The SMILES string of the molecule is COCc1cc(CN2CCC[C@H](CN3CCOCC3)C2)ccc1OC. The molecule has 1 atom stereocenters. The van der Waals surface area contributed by atoms with Crippen molar-refractivity contribution in [2.24, 2.45) is 5.92 Å². The molecule has 0 radical (unpaired) electrons. The molecule has 0 saturated carbocycles. The monoisotopic (exact) mass is 348 g/mol. The summed E-state index contributed by atoms with van der Waals surface area (Å²) < 4.78 is 16.2. The van der Waals surface area contributed by atoms with E-state index in [1.165, 1.54) is 38.0 Å². The second-order valence-electron chi connectivity index (χ2n) is 7.24. The third-order valence-electron chi connectivity index (χ3n) is 5.27. The van der Waals surface area contributed by atoms with Crippen molar-refractivity contribution in [2.45, 2.75) is 26.0 Å². The van der Waals surface area contributed by atoms with Crippen LogP contribution in [-0.4, -0.2) is 70.0 Å². The Morgan fingerprint density at radius 2 is 1.96 bits per heavy atom. The van der Waals surface area contributed by atoms with Crippen LogP contribution in [0.2, 0.25) is 0 Å². The van der Waals surface area contributed by atoms with Crippen LogP contribution in [0.3, 0.4) is 0 Å². The van der Waals surface area contributed by atoms with Crippen molar-refractivity contribution in [3.05, 3.63) is 29.3 Å². The van der Waals surface area contributed by atoms with Crippen LogP contribution in [0.25, 0.3) is 0 Å². The zero-order valence-corrected chi connectivity index (χ0v) is 15.7. The first-order chi connectivity index (χ1) is 12.3. The van der Waals surface area contributed by atoms with Crippen molar-refractivity contribution in [1.29, 1.82) is 0 Å². The van der Waals surface area contributed by atoms with E-state index in [1.54, 1.807) is 14.2 Å². The van der Waals surface area contributed by atoms with Crippen molar-refractivity contribution in [3.63, 3.8) is 0 Å². The number of piperidine rings is 1. The highest BCUT2D eigenvalue weighted by Crippen LogP contribution is 2.24. The lowest BCUT2D eigenvalue weighted by Gasteiger charge is -2.36. The third kappa shape index (κ3) is 5.42. The molecule has 2 saturated heterocycles. The number of hydrogen-bond acceptors (Lipinski definition) is 5. The minimum atomic E-state index is 0.594. The van der Waals surface area contributed by atoms with E-state index in [2.05, 4.69) is 28.0 Å². The molecular weight excluding hydrogens is 316 g/mol. The summed E-state index contributed by atoms with van der Waals surface area (Å²) in [5.74, 6) is 1.69. The normalized spacial score (nSPS) is 22.9. The first-order valence-corrected chi connectivity index (χ1v) is 9.45. The molecule has 5 nitrogen and oxygen atoms in total. The van der Waals surface area contributed by atoms with Crippen LogP contribution in [0.5, 0.6) is 5.75 Å². The average molecular weight is 348 g/mol. The summed E-state index contributed by atoms with van der Waals surface area (Å²) in [4.78, 5) is 5.18. The molecule has 1 aromatic rings. The highest BCUT2D eigenvalue weighted by atomic mass is 16.5. The summed E-state index contributed by atoms with van der Waals surface area (Å²) in [5, 5.41) is 0. The summed E-state index contributed by atoms with van der Waals surface area (Å²) in [6, 6.07) is 6.48. The van der Waals surface area contributed by atoms with Crippen LogP contribution >= 0.6 is 0 Å². The van der Waals surface area contributed by atoms with Gasteiger partial charge in [0.05, 0.1) is 26.9 Å². The fraction of sp³-hybridized carbons (Fsp3) is 0.700. The zero-order valence-electron chi connectivity index (χ0n) is 15.7. The van der Waals surface area contributed by atoms with E-state index in [1.807, 2.05) is 0 Å². The van der Waals surface area contributed by atoms with Gasteiger partial charge in [-0.3, -0.25) is 9.80 Å². The molecule has 25 heavy (non-hydrogen) atoms. The van der Waals surface area contributed by atoms with Gasteiger partial charge in [0.2, 0.25) is 0 Å². The number of ether oxygens (including phenoxy) is 3. The van der Waals surface area contributed by atoms with E-state index in [0.717, 1.165) is 50.1 Å². The van der Waals surface area contributed by atoms with Crippen LogP contribution in [0.4, 0.5) is 0 Å². The molecule has 0 bridgehead atoms. The van der Waals surface area contributed by atoms with Crippen molar-refractivity contribution in [2.75, 3.05) is 60.2 Å². The first-order valence-electron chi connectivity index (χ1n) is 9.45. The van der Waals surface area contributed by atoms with E-state index in [4.69, 9.17) is 14.2 Å². The molecule has 3 rings (SSSR count). The molecule has 0 aromatic heterocycles. The quantitative estimate of drug-likeness (QED) is 0.756. The second kappa shape index (κ2) is 9.53. The molecule has 0 aliphatic carbocycles. The van der Waals surface area contributed by atoms with E-state index < -0.39 is 0 Å². The van der Waals surface area contributed by atoms with Gasteiger partial charge in [0.25, 0.3) is 0 Å². The Balaban J connectivity index is 1.55. The van der Waals surface area contributed by atoms with Gasteiger partial charge in [0.15, 0.2) is 0 Å². The van der Waals surface area contributed by atoms with E-state index >= 15 is 0 Å². The largest absolute Gasteiger partial charge is 0.496 e. The molecule has 2 heterocycles. The van der Waals surface area contributed by atoms with Gasteiger partial charge in [0.1, 0.15) is 5.75 Å². The molecule has 0 N–H and O–H groups in total. The van der Waals surface area contributed by atoms with Gasteiger partial charge in [-0.05, 0) is 43.0 Å². The van der Waals surface area contributed by atoms with Gasteiger partial charge in [-0.2, -0.15) is 0 Å². The van der Waals surface area contributed by atoms with Crippen LogP contribution in [0, 0.1) is 5.92 Å². The standard InChI is InChI=1S/C20H32N2O3/c1-23-16-19-12-17(5-6-20(19)24-2)13-22-7-3-4-18(15-22)14-21-8-10-25-11-9-21/h5-6,12,18H,3-4,7-11,13-16H2,1-2H3/t18-/m1/s1. The molecule has 0 spiro atoms. The Morgan fingerprint density at radius 1 is 1.12 bits per heavy atom. The van der Waals surface area contributed by atoms with E-state index in [-0.39, 0.29) is 0 Å². The lowest BCUT2D eigenvalue weighted by Crippen LogP contribution is -2.44. The van der Waals surface area contributed by atoms with Gasteiger partial charge in [-0.1, -0.05) is 6.07 Å². The minimum absolute atomic E-state index is 0.594. The van der Waals surface area contributed by atoms with Crippen molar-refractivity contribution >= 4 is 0 Å². The summed E-state index contributed by atoms with van der Waals surface area (Å²) in [5.41, 5.74) is 2.48. The Kier molecular flexibility index (Phi) is 7.11. The summed E-state index contributed by atoms with van der Waals surface area (Å²) in [6.07, 6.45) is 2.65. The number of nitrogens with zero attached hydrogens (tertiary/aromatic N) is 2. The molecule has 2 aliphatic rings. The summed E-state index contributed by atoms with van der Waals surface area (Å²) >= 11 is 0. The van der Waals surface area contributed by atoms with E-state index in [0.29, 0.717) is 6.61 Å². The van der Waals surface area contributed by atoms with Crippen molar-refractivity contribution < 1.29 is 14.2 Å². The Hall–Kier alpha value is -1.14. The number of methoxy groups -OCH3 is 2. The minimum Gasteiger partial charge on any atom is -0.496 e. The number of benzene rings is 1. The number of morpholine rings is 1. The number of hydrogen-bond donors (Lipinski definition) is 0. The predicted molar refractivity (Wildman–Crippen MR) is 99.0 cm³/mol. The van der Waals surface area contributed by atoms with Gasteiger partial charge >= 0.3 is 0 Å². The number of rotatable bonds is 7. The van der Waals surface area contributed by atoms with Gasteiger partial charge < -0.3 is 14.2 Å². The van der Waals surface area contributed by atoms with Crippen LogP contribution in [0.1, 0.15) is 24.0 Å². The fourth-order valence-corrected chi connectivity index (χ4v) is 4.05. The topological polar surface area (TPSA) is 34.2 Å². The predicted octanol–water partition coefficient (Wildman–Crippen LogP) is 2.39. The van der Waals surface area contributed by atoms with Crippen LogP contribution in [-0.2, 0) is 22.6 Å². The maximum absolute atomic E-state index is 5.47. The lowest BCUT2D eigenvalue weighted by atomic mass is 9.96. The third-order valence-corrected chi connectivity index (χ3v) is 5.27. The Labute approximate surface area is 151 Å². The Morgan fingerprint density at radius 3 is 2.72 bits per heavy atom. The summed E-state index contributed by atoms with van der Waals surface area (Å²) in [6.45, 7) is 9.20. The van der Waals surface area contributed by atoms with Crippen molar-refractivity contribution in [1.82, 2.24) is 9.80 Å². The molecule has 0 amide bonds. The highest BCUT2D eigenvalue weighted by molar-refractivity contribution is 5.37. The lowest BCUT2D eigenvalue weighted by molar-refractivity contribution is 0.0224. The number of likely N-dealkylation sites (tertiary alicyclic amines) is 1. The zero-order chi connectivity index (χ0) is 17.5. The second-order valence-corrected chi connectivity index (χ2v) is 7.24. The molecule has 0 unspecified atom stereocenters. The van der Waals surface area contributed by atoms with Gasteiger partial charge in [0, 0.05) is 45.4 Å². The molecule has 2 aliphatic heterocycles. The highest BCUT2D eigenvalue weighted by Gasteiger charge is 2.23. The van der Waals surface area contributed by atoms with Crippen LogP contribution in [0.15, 0.2) is 18.2 Å². The van der Waals surface area contributed by atoms with Crippen LogP contribution < -0.4 is 4.74 Å². The van der Waals surface area contributed by atoms with E-state index in [9.17, 15) is 0 Å². The molecule has 140 valence electrons. The summed E-state index contributed by atoms with van der Waals surface area (Å²) in [7, 11) is 3.45. The Bertz CT molecular complexity index is 532. The maximum atomic E-state index is 5.47. The first kappa shape index (κ1) is 18.6. The van der Waals surface area contributed by atoms with Gasteiger partial charge in [-0.25, -0.2) is 0 Å². The fourth-order valence-electron chi connectivity index (χ4n) is 4.05. The van der Waals surface area contributed by atoms with Gasteiger partial charge in [-0.15, -0.1) is 0 Å². The molecule has 2 fully saturated rings. The maximum Gasteiger partial charge on any atom is 0.124 e. The smallest absolute Gasteiger partial charge is 0.124 e. The van der Waals surface area contributed by atoms with Crippen molar-refractivity contribution in [3.8, 4) is 5.75 Å².